The van der Waals surface area contributed by atoms with Gasteiger partial charge in [0.25, 0.3) is 5.91 Å². The number of benzene rings is 1. The van der Waals surface area contributed by atoms with Crippen LogP contribution in [-0.2, 0) is 9.59 Å². The average Bonchev–Trinajstić information content (AvgIpc) is 2.48. The van der Waals surface area contributed by atoms with Crippen molar-refractivity contribution >= 4 is 29.1 Å². The molecule has 21 heavy (non-hydrogen) atoms. The third-order valence-corrected chi connectivity index (χ3v) is 4.54. The highest BCUT2D eigenvalue weighted by atomic mass is 35.5. The molecule has 0 radical (unpaired) electrons. The number of anilines is 1. The normalized spacial score (nSPS) is 26.0. The van der Waals surface area contributed by atoms with Crippen LogP contribution in [0.25, 0.3) is 0 Å². The van der Waals surface area contributed by atoms with Crippen LogP contribution in [-0.4, -0.2) is 35.3 Å². The van der Waals surface area contributed by atoms with Crippen molar-refractivity contribution in [2.45, 2.75) is 38.3 Å². The van der Waals surface area contributed by atoms with E-state index in [1.807, 2.05) is 0 Å². The van der Waals surface area contributed by atoms with Crippen molar-refractivity contribution in [2.75, 3.05) is 11.4 Å². The second-order valence-corrected chi connectivity index (χ2v) is 5.90. The number of amides is 2. The molecule has 1 aromatic rings. The van der Waals surface area contributed by atoms with Crippen molar-refractivity contribution in [3.63, 3.8) is 0 Å². The van der Waals surface area contributed by atoms with Crippen LogP contribution in [0.3, 0.4) is 0 Å². The van der Waals surface area contributed by atoms with E-state index in [9.17, 15) is 14.0 Å². The Kier molecular flexibility index (Phi) is 3.61. The maximum absolute atomic E-state index is 14.1. The van der Waals surface area contributed by atoms with Gasteiger partial charge in [-0.3, -0.25) is 14.5 Å². The molecule has 0 spiro atoms. The Hall–Kier alpha value is -1.62. The Labute approximate surface area is 127 Å². The van der Waals surface area contributed by atoms with Crippen molar-refractivity contribution in [3.05, 3.63) is 29.0 Å². The van der Waals surface area contributed by atoms with Crippen LogP contribution in [0.2, 0.25) is 5.02 Å². The van der Waals surface area contributed by atoms with E-state index in [2.05, 4.69) is 0 Å². The summed E-state index contributed by atoms with van der Waals surface area (Å²) in [5.41, 5.74) is 0.00948. The van der Waals surface area contributed by atoms with E-state index in [1.165, 1.54) is 23.1 Å². The van der Waals surface area contributed by atoms with E-state index in [0.717, 1.165) is 12.8 Å². The first-order valence-electron chi connectivity index (χ1n) is 7.10. The average molecular weight is 311 g/mol. The monoisotopic (exact) mass is 310 g/mol. The number of halogens is 2. The lowest BCUT2D eigenvalue weighted by Crippen LogP contribution is -2.65. The van der Waals surface area contributed by atoms with E-state index in [1.54, 1.807) is 11.8 Å². The Morgan fingerprint density at radius 2 is 2.00 bits per heavy atom. The van der Waals surface area contributed by atoms with Crippen molar-refractivity contribution < 1.29 is 14.0 Å². The van der Waals surface area contributed by atoms with Gasteiger partial charge in [0, 0.05) is 6.54 Å². The van der Waals surface area contributed by atoms with Crippen LogP contribution in [0.5, 0.6) is 0 Å². The summed E-state index contributed by atoms with van der Waals surface area (Å²) in [7, 11) is 0. The number of carbonyl (C=O) groups excluding carboxylic acids is 2. The fraction of sp³-hybridized carbons (Fsp3) is 0.467. The molecular weight excluding hydrogens is 295 g/mol. The van der Waals surface area contributed by atoms with Gasteiger partial charge in [-0.2, -0.15) is 0 Å². The smallest absolute Gasteiger partial charge is 0.250 e. The molecule has 0 aromatic heterocycles. The molecule has 112 valence electrons. The van der Waals surface area contributed by atoms with E-state index in [4.69, 9.17) is 11.6 Å². The van der Waals surface area contributed by atoms with E-state index in [-0.39, 0.29) is 22.5 Å². The molecule has 0 N–H and O–H groups in total. The van der Waals surface area contributed by atoms with Crippen LogP contribution < -0.4 is 4.90 Å². The number of piperazine rings is 1. The molecule has 0 aliphatic carbocycles. The maximum Gasteiger partial charge on any atom is 0.250 e. The number of para-hydroxylation sites is 1. The molecular formula is C15H16ClFN2O2. The number of piperidine rings is 1. The fourth-order valence-corrected chi connectivity index (χ4v) is 3.43. The Morgan fingerprint density at radius 1 is 1.24 bits per heavy atom. The molecule has 2 fully saturated rings. The van der Waals surface area contributed by atoms with Gasteiger partial charge in [-0.1, -0.05) is 17.7 Å². The van der Waals surface area contributed by atoms with Crippen LogP contribution in [0.1, 0.15) is 26.2 Å². The summed E-state index contributed by atoms with van der Waals surface area (Å²) in [6.07, 6.45) is 2.43. The molecule has 3 rings (SSSR count). The van der Waals surface area contributed by atoms with Gasteiger partial charge in [0.2, 0.25) is 5.91 Å². The number of rotatable bonds is 1. The van der Waals surface area contributed by atoms with Gasteiger partial charge in [-0.05, 0) is 38.3 Å². The Bertz CT molecular complexity index is 587. The Morgan fingerprint density at radius 3 is 2.71 bits per heavy atom. The summed E-state index contributed by atoms with van der Waals surface area (Å²) >= 11 is 6.06. The molecule has 1 aromatic carbocycles. The predicted octanol–water partition coefficient (Wildman–Crippen LogP) is 2.60. The first-order chi connectivity index (χ1) is 10.0. The van der Waals surface area contributed by atoms with Gasteiger partial charge in [0.1, 0.15) is 17.9 Å². The summed E-state index contributed by atoms with van der Waals surface area (Å²) in [4.78, 5) is 28.1. The topological polar surface area (TPSA) is 40.6 Å². The SMILES string of the molecule is CC1C(=O)N2CCCCC2C(=O)N1c1c(F)cccc1Cl. The van der Waals surface area contributed by atoms with Crippen LogP contribution in [0.4, 0.5) is 10.1 Å². The first-order valence-corrected chi connectivity index (χ1v) is 7.47. The summed E-state index contributed by atoms with van der Waals surface area (Å²) in [6, 6.07) is 3.03. The highest BCUT2D eigenvalue weighted by Gasteiger charge is 2.46. The second-order valence-electron chi connectivity index (χ2n) is 5.50. The zero-order valence-corrected chi connectivity index (χ0v) is 12.4. The van der Waals surface area contributed by atoms with Crippen molar-refractivity contribution in [1.82, 2.24) is 4.90 Å². The molecule has 2 aliphatic heterocycles. The fourth-order valence-electron chi connectivity index (χ4n) is 3.18. The summed E-state index contributed by atoms with van der Waals surface area (Å²) in [5, 5.41) is 0.146. The lowest BCUT2D eigenvalue weighted by atomic mass is 9.95. The number of hydrogen-bond donors (Lipinski definition) is 0. The van der Waals surface area contributed by atoms with E-state index in [0.29, 0.717) is 13.0 Å². The number of fused-ring (bicyclic) bond motifs is 1. The quantitative estimate of drug-likeness (QED) is 0.800. The largest absolute Gasteiger partial charge is 0.329 e. The van der Waals surface area contributed by atoms with Crippen LogP contribution in [0, 0.1) is 5.82 Å². The Balaban J connectivity index is 2.05. The number of hydrogen-bond acceptors (Lipinski definition) is 2. The molecule has 4 nitrogen and oxygen atoms in total. The lowest BCUT2D eigenvalue weighted by molar-refractivity contribution is -0.147. The standard InChI is InChI=1S/C15H16ClFN2O2/c1-9-14(20)18-8-3-2-7-12(18)15(21)19(9)13-10(16)5-4-6-11(13)17/h4-6,9,12H,2-3,7-8H2,1H3. The van der Waals surface area contributed by atoms with Gasteiger partial charge in [0.05, 0.1) is 10.7 Å². The molecule has 2 atom stereocenters. The van der Waals surface area contributed by atoms with Crippen LogP contribution in [0.15, 0.2) is 18.2 Å². The third-order valence-electron chi connectivity index (χ3n) is 4.23. The summed E-state index contributed by atoms with van der Waals surface area (Å²) in [6.45, 7) is 2.21. The molecule has 2 amide bonds. The van der Waals surface area contributed by atoms with Crippen molar-refractivity contribution in [1.29, 1.82) is 0 Å². The molecule has 2 unspecified atom stereocenters. The summed E-state index contributed by atoms with van der Waals surface area (Å²) < 4.78 is 14.1. The number of nitrogens with zero attached hydrogens (tertiary/aromatic N) is 2. The third kappa shape index (κ3) is 2.20. The maximum atomic E-state index is 14.1. The van der Waals surface area contributed by atoms with Gasteiger partial charge in [-0.15, -0.1) is 0 Å². The zero-order chi connectivity index (χ0) is 15.1. The predicted molar refractivity (Wildman–Crippen MR) is 77.7 cm³/mol. The highest BCUT2D eigenvalue weighted by Crippen LogP contribution is 2.35. The number of carbonyl (C=O) groups is 2. The first kappa shape index (κ1) is 14.3. The molecule has 0 bridgehead atoms. The molecule has 2 aliphatic rings. The van der Waals surface area contributed by atoms with Gasteiger partial charge in [-0.25, -0.2) is 4.39 Å². The zero-order valence-electron chi connectivity index (χ0n) is 11.7. The minimum absolute atomic E-state index is 0.00948. The molecule has 2 saturated heterocycles. The minimum Gasteiger partial charge on any atom is -0.329 e. The van der Waals surface area contributed by atoms with Gasteiger partial charge >= 0.3 is 0 Å². The van der Waals surface area contributed by atoms with Crippen LogP contribution >= 0.6 is 11.6 Å². The lowest BCUT2D eigenvalue weighted by Gasteiger charge is -2.46. The molecule has 6 heteroatoms. The molecule has 2 heterocycles. The second kappa shape index (κ2) is 5.30. The molecule has 0 saturated carbocycles. The highest BCUT2D eigenvalue weighted by molar-refractivity contribution is 6.34. The summed E-state index contributed by atoms with van der Waals surface area (Å²) in [5.74, 6) is -0.966. The van der Waals surface area contributed by atoms with Gasteiger partial charge in [0.15, 0.2) is 0 Å². The van der Waals surface area contributed by atoms with E-state index < -0.39 is 17.9 Å². The van der Waals surface area contributed by atoms with Crippen molar-refractivity contribution in [3.8, 4) is 0 Å². The van der Waals surface area contributed by atoms with Crippen molar-refractivity contribution in [2.24, 2.45) is 0 Å². The minimum atomic E-state index is -0.735. The van der Waals surface area contributed by atoms with Gasteiger partial charge < -0.3 is 4.90 Å². The van der Waals surface area contributed by atoms with E-state index >= 15 is 0 Å².